The highest BCUT2D eigenvalue weighted by Crippen LogP contribution is 2.21. The summed E-state index contributed by atoms with van der Waals surface area (Å²) in [5.41, 5.74) is 6.83. The molecule has 20 heavy (non-hydrogen) atoms. The van der Waals surface area contributed by atoms with Crippen LogP contribution in [0.2, 0.25) is 0 Å². The Bertz CT molecular complexity index is 471. The van der Waals surface area contributed by atoms with Crippen molar-refractivity contribution in [2.24, 2.45) is 17.8 Å². The second kappa shape index (κ2) is 6.23. The van der Waals surface area contributed by atoms with E-state index in [1.165, 1.54) is 0 Å². The second-order valence-electron chi connectivity index (χ2n) is 4.88. The predicted octanol–water partition coefficient (Wildman–Crippen LogP) is 0.108. The van der Waals surface area contributed by atoms with Gasteiger partial charge in [-0.05, 0) is 7.05 Å². The van der Waals surface area contributed by atoms with Gasteiger partial charge in [-0.3, -0.25) is 5.73 Å². The fourth-order valence-electron chi connectivity index (χ4n) is 2.38. The van der Waals surface area contributed by atoms with Gasteiger partial charge in [0.15, 0.2) is 12.1 Å². The Kier molecular flexibility index (Phi) is 4.61. The predicted molar refractivity (Wildman–Crippen MR) is 81.8 cm³/mol. The number of nitrogens with two attached hydrogens (primary N) is 1. The van der Waals surface area contributed by atoms with Gasteiger partial charge in [0, 0.05) is 33.2 Å². The third-order valence-corrected chi connectivity index (χ3v) is 3.50. The van der Waals surface area contributed by atoms with E-state index in [0.29, 0.717) is 0 Å². The van der Waals surface area contributed by atoms with Crippen LogP contribution in [-0.4, -0.2) is 64.7 Å². The van der Waals surface area contributed by atoms with Gasteiger partial charge in [-0.25, -0.2) is 9.98 Å². The van der Waals surface area contributed by atoms with Crippen LogP contribution in [0.1, 0.15) is 19.5 Å². The molecule has 0 bridgehead atoms. The lowest BCUT2D eigenvalue weighted by Gasteiger charge is -2.36. The van der Waals surface area contributed by atoms with E-state index < -0.39 is 0 Å². The first-order valence-corrected chi connectivity index (χ1v) is 7.20. The lowest BCUT2D eigenvalue weighted by atomic mass is 10.2. The van der Waals surface area contributed by atoms with Gasteiger partial charge in [-0.2, -0.15) is 0 Å². The van der Waals surface area contributed by atoms with E-state index in [9.17, 15) is 0 Å². The summed E-state index contributed by atoms with van der Waals surface area (Å²) in [5.74, 6) is 1.87. The van der Waals surface area contributed by atoms with E-state index in [-0.39, 0.29) is 6.29 Å². The van der Waals surface area contributed by atoms with E-state index in [2.05, 4.69) is 32.1 Å². The Labute approximate surface area is 120 Å². The van der Waals surface area contributed by atoms with Crippen LogP contribution in [0.4, 0.5) is 5.82 Å². The zero-order valence-electron chi connectivity index (χ0n) is 12.8. The molecule has 7 nitrogen and oxygen atoms in total. The van der Waals surface area contributed by atoms with Gasteiger partial charge in [0.2, 0.25) is 0 Å². The number of anilines is 1. The van der Waals surface area contributed by atoms with Crippen molar-refractivity contribution < 1.29 is 0 Å². The zero-order chi connectivity index (χ0) is 14.7. The number of aliphatic imine (C=N–C) groups is 1. The van der Waals surface area contributed by atoms with Crippen LogP contribution < -0.4 is 11.1 Å². The Morgan fingerprint density at radius 3 is 2.50 bits per heavy atom. The number of hydrogen-bond acceptors (Lipinski definition) is 6. The third kappa shape index (κ3) is 2.78. The molecule has 3 N–H and O–H groups in total. The number of imidazole rings is 1. The Morgan fingerprint density at radius 1 is 1.20 bits per heavy atom. The first kappa shape index (κ1) is 14.8. The molecule has 2 aliphatic heterocycles. The number of nitrogens with one attached hydrogen (secondary N) is 1. The van der Waals surface area contributed by atoms with Gasteiger partial charge in [-0.15, -0.1) is 0 Å². The minimum absolute atomic E-state index is 0.387. The average Bonchev–Trinajstić information content (AvgIpc) is 2.83. The fraction of sp³-hybridized carbons (Fsp3) is 0.692. The molecule has 1 unspecified atom stereocenters. The maximum atomic E-state index is 5.93. The van der Waals surface area contributed by atoms with Gasteiger partial charge in [-0.1, -0.05) is 13.8 Å². The van der Waals surface area contributed by atoms with Gasteiger partial charge >= 0.3 is 0 Å². The van der Waals surface area contributed by atoms with E-state index >= 15 is 0 Å². The van der Waals surface area contributed by atoms with E-state index in [0.717, 1.165) is 43.5 Å². The maximum Gasteiger partial charge on any atom is 0.174 e. The van der Waals surface area contributed by atoms with Crippen molar-refractivity contribution in [3.05, 3.63) is 12.0 Å². The monoisotopic (exact) mass is 279 g/mol. The van der Waals surface area contributed by atoms with Crippen LogP contribution in [-0.2, 0) is 7.05 Å². The summed E-state index contributed by atoms with van der Waals surface area (Å²) in [4.78, 5) is 13.5. The van der Waals surface area contributed by atoms with Crippen molar-refractivity contribution in [1.29, 1.82) is 0 Å². The highest BCUT2D eigenvalue weighted by Gasteiger charge is 2.27. The molecule has 1 aromatic heterocycles. The molecule has 1 aromatic rings. The highest BCUT2D eigenvalue weighted by atomic mass is 15.4. The molecule has 3 rings (SSSR count). The van der Waals surface area contributed by atoms with Crippen molar-refractivity contribution in [3.8, 4) is 0 Å². The molecule has 3 heterocycles. The molecule has 1 atom stereocenters. The smallest absolute Gasteiger partial charge is 0.174 e. The lowest BCUT2D eigenvalue weighted by molar-refractivity contribution is 0.215. The highest BCUT2D eigenvalue weighted by molar-refractivity contribution is 6.02. The number of aryl methyl sites for hydroxylation is 1. The summed E-state index contributed by atoms with van der Waals surface area (Å²) >= 11 is 0. The third-order valence-electron chi connectivity index (χ3n) is 3.50. The van der Waals surface area contributed by atoms with Crippen LogP contribution >= 0.6 is 0 Å². The number of nitrogens with zero attached hydrogens (tertiary/aromatic N) is 5. The molecule has 0 saturated carbocycles. The summed E-state index contributed by atoms with van der Waals surface area (Å²) in [6, 6.07) is 0. The largest absolute Gasteiger partial charge is 0.352 e. The number of hydrogen-bond donors (Lipinski definition) is 2. The normalized spacial score (nSPS) is 22.4. The molecule has 0 amide bonds. The number of piperazine rings is 1. The number of fused-ring (bicyclic) bond motifs is 1. The molecule has 1 saturated heterocycles. The van der Waals surface area contributed by atoms with Gasteiger partial charge in [0.25, 0.3) is 0 Å². The summed E-state index contributed by atoms with van der Waals surface area (Å²) in [6.45, 7) is 8.03. The Morgan fingerprint density at radius 2 is 1.85 bits per heavy atom. The van der Waals surface area contributed by atoms with Crippen molar-refractivity contribution in [2.45, 2.75) is 20.1 Å². The molecule has 2 aliphatic rings. The number of aromatic nitrogens is 2. The molecule has 0 aromatic carbocycles. The molecule has 0 spiro atoms. The van der Waals surface area contributed by atoms with E-state index in [4.69, 9.17) is 5.73 Å². The zero-order valence-corrected chi connectivity index (χ0v) is 12.8. The summed E-state index contributed by atoms with van der Waals surface area (Å²) in [6.07, 6.45) is 1.41. The molecule has 7 heteroatoms. The molecule has 0 radical (unpaired) electrons. The molecule has 112 valence electrons. The molecular formula is C13H25N7. The molecule has 0 aliphatic carbocycles. The number of rotatable bonds is 0. The number of likely N-dealkylation sites (N-methyl/N-ethyl adjacent to an activating group) is 1. The minimum atomic E-state index is -0.387. The summed E-state index contributed by atoms with van der Waals surface area (Å²) in [7, 11) is 4.10. The van der Waals surface area contributed by atoms with Crippen molar-refractivity contribution >= 4 is 11.7 Å². The van der Waals surface area contributed by atoms with Gasteiger partial charge < -0.3 is 19.7 Å². The van der Waals surface area contributed by atoms with Crippen molar-refractivity contribution in [3.63, 3.8) is 0 Å². The second-order valence-corrected chi connectivity index (χ2v) is 4.88. The average molecular weight is 279 g/mol. The molecular weight excluding hydrogens is 254 g/mol. The quantitative estimate of drug-likeness (QED) is 0.705. The first-order valence-electron chi connectivity index (χ1n) is 7.20. The standard InChI is InChI=1S/C11H19N7.C2H6/c1-16-3-5-18(6-4-16)10-8-9(14-11(12)15-10)17(2)7-13-8;1-2/h7,11,14H,3-6,12H2,1-2H3;1-2H3. The van der Waals surface area contributed by atoms with Crippen molar-refractivity contribution in [2.75, 3.05) is 38.5 Å². The SMILES string of the molecule is CC.CN1CCN(C2=NC(N)Nc3c2ncn3C)CC1. The van der Waals surface area contributed by atoms with Crippen LogP contribution in [0.5, 0.6) is 0 Å². The summed E-state index contributed by atoms with van der Waals surface area (Å²) < 4.78 is 1.94. The molecule has 1 fully saturated rings. The van der Waals surface area contributed by atoms with Crippen LogP contribution in [0, 0.1) is 0 Å². The van der Waals surface area contributed by atoms with E-state index in [1.807, 2.05) is 25.5 Å². The van der Waals surface area contributed by atoms with Crippen LogP contribution in [0.3, 0.4) is 0 Å². The van der Waals surface area contributed by atoms with Crippen molar-refractivity contribution in [1.82, 2.24) is 19.4 Å². The topological polar surface area (TPSA) is 74.7 Å². The van der Waals surface area contributed by atoms with Gasteiger partial charge in [0.05, 0.1) is 6.33 Å². The first-order chi connectivity index (χ1) is 9.65. The fourth-order valence-corrected chi connectivity index (χ4v) is 2.38. The van der Waals surface area contributed by atoms with Crippen LogP contribution in [0.15, 0.2) is 11.3 Å². The minimum Gasteiger partial charge on any atom is -0.352 e. The summed E-state index contributed by atoms with van der Waals surface area (Å²) in [5, 5.41) is 3.14. The lowest BCUT2D eigenvalue weighted by Crippen LogP contribution is -2.49. The van der Waals surface area contributed by atoms with Crippen LogP contribution in [0.25, 0.3) is 0 Å². The maximum absolute atomic E-state index is 5.93. The number of amidine groups is 1. The van der Waals surface area contributed by atoms with Gasteiger partial charge in [0.1, 0.15) is 11.5 Å². The Balaban J connectivity index is 0.000000704. The Hall–Kier alpha value is -1.60. The van der Waals surface area contributed by atoms with E-state index in [1.54, 1.807) is 6.33 Å².